The fraction of sp³-hybridized carbons (Fsp3) is 0.591. The van der Waals surface area contributed by atoms with Crippen LogP contribution in [0.25, 0.3) is 0 Å². The summed E-state index contributed by atoms with van der Waals surface area (Å²) in [6.07, 6.45) is 2.14. The van der Waals surface area contributed by atoms with Gasteiger partial charge in [-0.05, 0) is 80.1 Å². The highest BCUT2D eigenvalue weighted by Gasteiger charge is 2.30. The third kappa shape index (κ3) is 8.40. The number of nitrogens with zero attached hydrogens (tertiary/aromatic N) is 1. The highest BCUT2D eigenvalue weighted by atomic mass is 79.9. The molecule has 2 N–H and O–H groups in total. The molecule has 3 amide bonds. The SMILES string of the molecule is COc1ccc(CCNC(=O)CN2CCCC[C@H](NC(=O)OC(C)(C)C)C2=O)cc1Br. The molecule has 0 radical (unpaired) electrons. The summed E-state index contributed by atoms with van der Waals surface area (Å²) in [6, 6.07) is 5.09. The number of hydrogen-bond donors (Lipinski definition) is 2. The predicted molar refractivity (Wildman–Crippen MR) is 121 cm³/mol. The first-order valence-corrected chi connectivity index (χ1v) is 11.3. The first-order valence-electron chi connectivity index (χ1n) is 10.5. The lowest BCUT2D eigenvalue weighted by Gasteiger charge is -2.26. The second-order valence-corrected chi connectivity index (χ2v) is 9.38. The van der Waals surface area contributed by atoms with Gasteiger partial charge in [-0.3, -0.25) is 9.59 Å². The maximum atomic E-state index is 12.8. The molecule has 0 unspecified atom stereocenters. The van der Waals surface area contributed by atoms with Crippen LogP contribution >= 0.6 is 15.9 Å². The van der Waals surface area contributed by atoms with Gasteiger partial charge in [0.25, 0.3) is 0 Å². The first kappa shape index (κ1) is 25.0. The van der Waals surface area contributed by atoms with E-state index in [1.54, 1.807) is 27.9 Å². The Kier molecular flexibility index (Phi) is 9.15. The number of amides is 3. The van der Waals surface area contributed by atoms with Crippen LogP contribution in [0.4, 0.5) is 4.79 Å². The van der Waals surface area contributed by atoms with E-state index in [2.05, 4.69) is 26.6 Å². The summed E-state index contributed by atoms with van der Waals surface area (Å²) >= 11 is 3.45. The number of likely N-dealkylation sites (tertiary alicyclic amines) is 1. The van der Waals surface area contributed by atoms with E-state index in [0.29, 0.717) is 25.9 Å². The van der Waals surface area contributed by atoms with Crippen LogP contribution in [0.15, 0.2) is 22.7 Å². The van der Waals surface area contributed by atoms with Gasteiger partial charge in [0.15, 0.2) is 0 Å². The van der Waals surface area contributed by atoms with E-state index in [-0.39, 0.29) is 18.4 Å². The lowest BCUT2D eigenvalue weighted by atomic mass is 10.1. The number of carbonyl (C=O) groups is 3. The Morgan fingerprint density at radius 1 is 1.26 bits per heavy atom. The van der Waals surface area contributed by atoms with Crippen LogP contribution in [-0.2, 0) is 20.7 Å². The summed E-state index contributed by atoms with van der Waals surface area (Å²) in [4.78, 5) is 38.8. The summed E-state index contributed by atoms with van der Waals surface area (Å²) in [5.41, 5.74) is 0.414. The van der Waals surface area contributed by atoms with Crippen molar-refractivity contribution in [3.05, 3.63) is 28.2 Å². The zero-order valence-electron chi connectivity index (χ0n) is 18.6. The Balaban J connectivity index is 1.84. The van der Waals surface area contributed by atoms with Crippen molar-refractivity contribution < 1.29 is 23.9 Å². The number of methoxy groups -OCH3 is 1. The van der Waals surface area contributed by atoms with Crippen LogP contribution in [0.5, 0.6) is 5.75 Å². The van der Waals surface area contributed by atoms with Crippen LogP contribution in [0.3, 0.4) is 0 Å². The molecular weight excluding hydrogens is 466 g/mol. The molecule has 9 heteroatoms. The molecule has 8 nitrogen and oxygen atoms in total. The number of alkyl carbamates (subject to hydrolysis) is 1. The summed E-state index contributed by atoms with van der Waals surface area (Å²) in [6.45, 7) is 6.22. The second kappa shape index (κ2) is 11.4. The Morgan fingerprint density at radius 2 is 2.00 bits per heavy atom. The fourth-order valence-electron chi connectivity index (χ4n) is 3.29. The van der Waals surface area contributed by atoms with E-state index in [9.17, 15) is 14.4 Å². The van der Waals surface area contributed by atoms with E-state index in [1.807, 2.05) is 18.2 Å². The van der Waals surface area contributed by atoms with Gasteiger partial charge < -0.3 is 25.0 Å². The number of benzene rings is 1. The molecule has 0 spiro atoms. The normalized spacial score (nSPS) is 17.0. The molecule has 1 aliphatic rings. The van der Waals surface area contributed by atoms with Crippen LogP contribution < -0.4 is 15.4 Å². The van der Waals surface area contributed by atoms with Crippen molar-refractivity contribution in [2.75, 3.05) is 26.7 Å². The molecule has 1 aliphatic heterocycles. The standard InChI is InChI=1S/C22H32BrN3O5/c1-22(2,3)31-21(29)25-17-7-5-6-12-26(20(17)28)14-19(27)24-11-10-15-8-9-18(30-4)16(23)13-15/h8-9,13,17H,5-7,10-12,14H2,1-4H3,(H,24,27)(H,25,29)/t17-/m0/s1. The van der Waals surface area contributed by atoms with Crippen LogP contribution in [0.1, 0.15) is 45.6 Å². The van der Waals surface area contributed by atoms with Gasteiger partial charge in [0, 0.05) is 13.1 Å². The quantitative estimate of drug-likeness (QED) is 0.603. The lowest BCUT2D eigenvalue weighted by Crippen LogP contribution is -2.51. The molecule has 0 aromatic heterocycles. The van der Waals surface area contributed by atoms with Gasteiger partial charge in [-0.15, -0.1) is 0 Å². The largest absolute Gasteiger partial charge is 0.496 e. The minimum Gasteiger partial charge on any atom is -0.496 e. The Bertz CT molecular complexity index is 794. The van der Waals surface area contributed by atoms with E-state index < -0.39 is 17.7 Å². The molecule has 0 saturated carbocycles. The Morgan fingerprint density at radius 3 is 2.65 bits per heavy atom. The Hall–Kier alpha value is -2.29. The number of nitrogens with one attached hydrogen (secondary N) is 2. The van der Waals surface area contributed by atoms with Gasteiger partial charge in [-0.1, -0.05) is 6.07 Å². The molecule has 1 aromatic rings. The Labute approximate surface area is 192 Å². The minimum atomic E-state index is -0.679. The first-order chi connectivity index (χ1) is 14.6. The zero-order valence-corrected chi connectivity index (χ0v) is 20.2. The van der Waals surface area contributed by atoms with Crippen molar-refractivity contribution in [3.63, 3.8) is 0 Å². The van der Waals surface area contributed by atoms with Gasteiger partial charge in [-0.2, -0.15) is 0 Å². The highest BCUT2D eigenvalue weighted by Crippen LogP contribution is 2.25. The third-order valence-electron chi connectivity index (χ3n) is 4.76. The molecule has 1 saturated heterocycles. The smallest absolute Gasteiger partial charge is 0.408 e. The van der Waals surface area contributed by atoms with Crippen molar-refractivity contribution >= 4 is 33.8 Å². The predicted octanol–water partition coefficient (Wildman–Crippen LogP) is 3.02. The van der Waals surface area contributed by atoms with E-state index in [0.717, 1.165) is 28.6 Å². The molecule has 31 heavy (non-hydrogen) atoms. The number of ether oxygens (including phenoxy) is 2. The number of halogens is 1. The molecule has 1 atom stereocenters. The van der Waals surface area contributed by atoms with Crippen molar-refractivity contribution in [3.8, 4) is 5.75 Å². The highest BCUT2D eigenvalue weighted by molar-refractivity contribution is 9.10. The van der Waals surface area contributed by atoms with Crippen molar-refractivity contribution in [1.82, 2.24) is 15.5 Å². The number of carbonyl (C=O) groups excluding carboxylic acids is 3. The maximum Gasteiger partial charge on any atom is 0.408 e. The maximum absolute atomic E-state index is 12.8. The van der Waals surface area contributed by atoms with E-state index >= 15 is 0 Å². The van der Waals surface area contributed by atoms with Gasteiger partial charge in [0.2, 0.25) is 11.8 Å². The average molecular weight is 498 g/mol. The topological polar surface area (TPSA) is 97.0 Å². The van der Waals surface area contributed by atoms with Crippen LogP contribution in [0.2, 0.25) is 0 Å². The second-order valence-electron chi connectivity index (χ2n) is 8.52. The van der Waals surface area contributed by atoms with Gasteiger partial charge >= 0.3 is 6.09 Å². The average Bonchev–Trinajstić information content (AvgIpc) is 2.83. The van der Waals surface area contributed by atoms with Gasteiger partial charge in [0.1, 0.15) is 17.4 Å². The molecule has 1 heterocycles. The molecule has 1 aromatic carbocycles. The van der Waals surface area contributed by atoms with Gasteiger partial charge in [-0.25, -0.2) is 4.79 Å². The van der Waals surface area contributed by atoms with Gasteiger partial charge in [0.05, 0.1) is 18.1 Å². The van der Waals surface area contributed by atoms with Crippen LogP contribution in [-0.4, -0.2) is 61.2 Å². The van der Waals surface area contributed by atoms with Crippen molar-refractivity contribution in [2.24, 2.45) is 0 Å². The third-order valence-corrected chi connectivity index (χ3v) is 5.38. The summed E-state index contributed by atoms with van der Waals surface area (Å²) < 4.78 is 11.3. The molecule has 172 valence electrons. The number of hydrogen-bond acceptors (Lipinski definition) is 5. The number of rotatable bonds is 7. The summed E-state index contributed by atoms with van der Waals surface area (Å²) in [5.74, 6) is 0.276. The molecule has 2 rings (SSSR count). The zero-order chi connectivity index (χ0) is 23.0. The van der Waals surface area contributed by atoms with Crippen LogP contribution in [0, 0.1) is 0 Å². The monoisotopic (exact) mass is 497 g/mol. The molecule has 0 aliphatic carbocycles. The van der Waals surface area contributed by atoms with Crippen molar-refractivity contribution in [2.45, 2.75) is 58.1 Å². The molecule has 0 bridgehead atoms. The lowest BCUT2D eigenvalue weighted by molar-refractivity contribution is -0.137. The molecule has 1 fully saturated rings. The minimum absolute atomic E-state index is 0.0301. The molecular formula is C22H32BrN3O5. The summed E-state index contributed by atoms with van der Waals surface area (Å²) in [5, 5.41) is 5.51. The van der Waals surface area contributed by atoms with E-state index in [4.69, 9.17) is 9.47 Å². The summed E-state index contributed by atoms with van der Waals surface area (Å²) in [7, 11) is 1.61. The van der Waals surface area contributed by atoms with E-state index in [1.165, 1.54) is 4.90 Å². The fourth-order valence-corrected chi connectivity index (χ4v) is 3.87. The van der Waals surface area contributed by atoms with Crippen molar-refractivity contribution in [1.29, 1.82) is 0 Å².